The molecule has 1 N–H and O–H groups in total. The monoisotopic (exact) mass is 523 g/mol. The second-order valence-electron chi connectivity index (χ2n) is 9.94. The number of benzene rings is 3. The molecule has 1 aliphatic heterocycles. The van der Waals surface area contributed by atoms with Crippen LogP contribution in [0.3, 0.4) is 0 Å². The first-order chi connectivity index (χ1) is 19.0. The molecule has 1 aliphatic carbocycles. The first-order valence-corrected chi connectivity index (χ1v) is 13.2. The van der Waals surface area contributed by atoms with Gasteiger partial charge in [-0.15, -0.1) is 0 Å². The normalized spacial score (nSPS) is 18.8. The molecule has 39 heavy (non-hydrogen) atoms. The molecule has 0 bridgehead atoms. The number of rotatable bonds is 8. The van der Waals surface area contributed by atoms with Crippen molar-refractivity contribution in [3.8, 4) is 11.5 Å². The SMILES string of the molecule is COc1ccc([C@@H]2CC(=O)C3=C(C2)NC(C)=C(C(=O)OCCc2ccccc2)[C@@H]3c2ccc(OC)cc2)cc1. The Kier molecular flexibility index (Phi) is 7.82. The van der Waals surface area contributed by atoms with E-state index in [2.05, 4.69) is 5.32 Å². The quantitative estimate of drug-likeness (QED) is 0.374. The van der Waals surface area contributed by atoms with Crippen LogP contribution in [0.5, 0.6) is 11.5 Å². The lowest BCUT2D eigenvalue weighted by atomic mass is 9.71. The van der Waals surface area contributed by atoms with Gasteiger partial charge in [-0.3, -0.25) is 4.79 Å². The average Bonchev–Trinajstić information content (AvgIpc) is 2.97. The lowest BCUT2D eigenvalue weighted by Gasteiger charge is -2.36. The van der Waals surface area contributed by atoms with Gasteiger partial charge in [0.2, 0.25) is 0 Å². The number of nitrogens with one attached hydrogen (secondary N) is 1. The Morgan fingerprint density at radius 3 is 2.08 bits per heavy atom. The van der Waals surface area contributed by atoms with Crippen molar-refractivity contribution in [2.45, 2.75) is 38.0 Å². The maximum atomic E-state index is 13.8. The second-order valence-corrected chi connectivity index (χ2v) is 9.94. The van der Waals surface area contributed by atoms with Gasteiger partial charge in [0.25, 0.3) is 0 Å². The molecule has 6 nitrogen and oxygen atoms in total. The van der Waals surface area contributed by atoms with Gasteiger partial charge < -0.3 is 19.5 Å². The van der Waals surface area contributed by atoms with Crippen LogP contribution in [0.4, 0.5) is 0 Å². The van der Waals surface area contributed by atoms with Gasteiger partial charge in [-0.05, 0) is 60.2 Å². The minimum atomic E-state index is -0.513. The maximum absolute atomic E-state index is 13.8. The number of carbonyl (C=O) groups excluding carboxylic acids is 2. The molecule has 3 aromatic carbocycles. The van der Waals surface area contributed by atoms with Crippen LogP contribution in [0.15, 0.2) is 101 Å². The summed E-state index contributed by atoms with van der Waals surface area (Å²) < 4.78 is 16.4. The second kappa shape index (κ2) is 11.6. The van der Waals surface area contributed by atoms with Crippen molar-refractivity contribution in [3.63, 3.8) is 0 Å². The predicted octanol–water partition coefficient (Wildman–Crippen LogP) is 5.85. The first-order valence-electron chi connectivity index (χ1n) is 13.2. The third kappa shape index (κ3) is 5.60. The minimum absolute atomic E-state index is 0.0347. The molecule has 5 rings (SSSR count). The summed E-state index contributed by atoms with van der Waals surface area (Å²) in [5.74, 6) is 0.648. The van der Waals surface area contributed by atoms with E-state index < -0.39 is 11.9 Å². The lowest BCUT2D eigenvalue weighted by Crippen LogP contribution is -2.36. The Morgan fingerprint density at radius 1 is 0.846 bits per heavy atom. The summed E-state index contributed by atoms with van der Waals surface area (Å²) in [6.45, 7) is 2.14. The smallest absolute Gasteiger partial charge is 0.336 e. The number of hydrogen-bond donors (Lipinski definition) is 1. The summed E-state index contributed by atoms with van der Waals surface area (Å²) >= 11 is 0. The number of allylic oxidation sites excluding steroid dienone is 3. The summed E-state index contributed by atoms with van der Waals surface area (Å²) in [6.07, 6.45) is 1.67. The zero-order valence-electron chi connectivity index (χ0n) is 22.5. The molecule has 0 spiro atoms. The molecule has 0 radical (unpaired) electrons. The third-order valence-electron chi connectivity index (χ3n) is 7.55. The van der Waals surface area contributed by atoms with Crippen molar-refractivity contribution in [2.24, 2.45) is 0 Å². The molecule has 0 amide bonds. The zero-order chi connectivity index (χ0) is 27.4. The van der Waals surface area contributed by atoms with Crippen molar-refractivity contribution in [1.29, 1.82) is 0 Å². The molecule has 2 atom stereocenters. The van der Waals surface area contributed by atoms with Crippen molar-refractivity contribution in [2.75, 3.05) is 20.8 Å². The predicted molar refractivity (Wildman–Crippen MR) is 150 cm³/mol. The molecule has 0 fully saturated rings. The topological polar surface area (TPSA) is 73.9 Å². The van der Waals surface area contributed by atoms with E-state index in [-0.39, 0.29) is 18.3 Å². The van der Waals surface area contributed by atoms with E-state index in [0.717, 1.165) is 28.1 Å². The molecule has 1 heterocycles. The van der Waals surface area contributed by atoms with Gasteiger partial charge in [-0.2, -0.15) is 0 Å². The highest BCUT2D eigenvalue weighted by molar-refractivity contribution is 6.04. The Morgan fingerprint density at radius 2 is 1.46 bits per heavy atom. The number of Topliss-reactive ketones (excluding diaryl/α,β-unsaturated/α-hetero) is 1. The summed E-state index contributed by atoms with van der Waals surface area (Å²) in [6, 6.07) is 25.4. The fraction of sp³-hybridized carbons (Fsp3) is 0.273. The van der Waals surface area contributed by atoms with E-state index in [1.807, 2.05) is 85.8 Å². The van der Waals surface area contributed by atoms with Crippen LogP contribution in [0.2, 0.25) is 0 Å². The number of carbonyl (C=O) groups is 2. The number of methoxy groups -OCH3 is 2. The van der Waals surface area contributed by atoms with Gasteiger partial charge in [0.05, 0.1) is 26.4 Å². The number of dihydropyridines is 1. The molecule has 6 heteroatoms. The molecule has 0 aromatic heterocycles. The fourth-order valence-corrected chi connectivity index (χ4v) is 5.54. The van der Waals surface area contributed by atoms with Gasteiger partial charge >= 0.3 is 5.97 Å². The number of esters is 1. The van der Waals surface area contributed by atoms with Crippen LogP contribution in [0, 0.1) is 0 Å². The molecule has 3 aromatic rings. The van der Waals surface area contributed by atoms with Crippen LogP contribution >= 0.6 is 0 Å². The van der Waals surface area contributed by atoms with Crippen LogP contribution in [0.1, 0.15) is 48.3 Å². The van der Waals surface area contributed by atoms with Gasteiger partial charge in [0, 0.05) is 35.7 Å². The highest BCUT2D eigenvalue weighted by Crippen LogP contribution is 2.46. The number of ketones is 1. The lowest BCUT2D eigenvalue weighted by molar-refractivity contribution is -0.139. The third-order valence-corrected chi connectivity index (χ3v) is 7.55. The highest BCUT2D eigenvalue weighted by atomic mass is 16.5. The fourth-order valence-electron chi connectivity index (χ4n) is 5.54. The molecule has 200 valence electrons. The highest BCUT2D eigenvalue weighted by Gasteiger charge is 2.41. The zero-order valence-corrected chi connectivity index (χ0v) is 22.5. The molecule has 2 aliphatic rings. The molecular weight excluding hydrogens is 490 g/mol. The largest absolute Gasteiger partial charge is 0.497 e. The molecule has 0 unspecified atom stereocenters. The van der Waals surface area contributed by atoms with Crippen molar-refractivity contribution in [1.82, 2.24) is 5.32 Å². The molecule has 0 saturated carbocycles. The van der Waals surface area contributed by atoms with Crippen molar-refractivity contribution in [3.05, 3.63) is 118 Å². The van der Waals surface area contributed by atoms with E-state index in [0.29, 0.717) is 41.9 Å². The summed E-state index contributed by atoms with van der Waals surface area (Å²) in [7, 11) is 3.25. The van der Waals surface area contributed by atoms with E-state index in [4.69, 9.17) is 14.2 Å². The van der Waals surface area contributed by atoms with Crippen LogP contribution in [-0.4, -0.2) is 32.6 Å². The van der Waals surface area contributed by atoms with E-state index in [1.54, 1.807) is 14.2 Å². The maximum Gasteiger partial charge on any atom is 0.336 e. The van der Waals surface area contributed by atoms with Crippen LogP contribution in [-0.2, 0) is 20.7 Å². The Hall–Kier alpha value is -4.32. The summed E-state index contributed by atoms with van der Waals surface area (Å²) in [5.41, 5.74) is 5.74. The summed E-state index contributed by atoms with van der Waals surface area (Å²) in [5, 5.41) is 3.42. The standard InChI is InChI=1S/C33H33NO5/c1-21-30(33(36)39-18-17-22-7-5-4-6-8-22)31(24-11-15-27(38-3)16-12-24)32-28(34-21)19-25(20-29(32)35)23-9-13-26(37-2)14-10-23/h4-16,25,31,34H,17-20H2,1-3H3/t25-,31-/m0/s1. The van der Waals surface area contributed by atoms with E-state index in [9.17, 15) is 9.59 Å². The van der Waals surface area contributed by atoms with Crippen LogP contribution < -0.4 is 14.8 Å². The minimum Gasteiger partial charge on any atom is -0.497 e. The van der Waals surface area contributed by atoms with E-state index >= 15 is 0 Å². The van der Waals surface area contributed by atoms with Crippen molar-refractivity contribution < 1.29 is 23.8 Å². The first kappa shape index (κ1) is 26.3. The Balaban J connectivity index is 1.45. The van der Waals surface area contributed by atoms with Gasteiger partial charge in [0.1, 0.15) is 11.5 Å². The Bertz CT molecular complexity index is 1400. The average molecular weight is 524 g/mol. The summed E-state index contributed by atoms with van der Waals surface area (Å²) in [4.78, 5) is 27.3. The van der Waals surface area contributed by atoms with E-state index in [1.165, 1.54) is 0 Å². The number of ether oxygens (including phenoxy) is 3. The van der Waals surface area contributed by atoms with Crippen LogP contribution in [0.25, 0.3) is 0 Å². The Labute approximate surface area is 229 Å². The van der Waals surface area contributed by atoms with Gasteiger partial charge in [0.15, 0.2) is 5.78 Å². The molecule has 0 saturated heterocycles. The van der Waals surface area contributed by atoms with Gasteiger partial charge in [-0.1, -0.05) is 54.6 Å². The van der Waals surface area contributed by atoms with Crippen molar-refractivity contribution >= 4 is 11.8 Å². The van der Waals surface area contributed by atoms with Gasteiger partial charge in [-0.25, -0.2) is 4.79 Å². The number of hydrogen-bond acceptors (Lipinski definition) is 6. The molecular formula is C33H33NO5.